The molecule has 0 spiro atoms. The molecule has 6 nitrogen and oxygen atoms in total. The number of rotatable bonds is 5. The molecule has 2 aliphatic rings. The lowest BCUT2D eigenvalue weighted by atomic mass is 9.97. The summed E-state index contributed by atoms with van der Waals surface area (Å²) in [6.07, 6.45) is 4.01. The van der Waals surface area contributed by atoms with Crippen LogP contribution in [0.25, 0.3) is 0 Å². The van der Waals surface area contributed by atoms with E-state index >= 15 is 0 Å². The van der Waals surface area contributed by atoms with Gasteiger partial charge in [0, 0.05) is 18.7 Å². The molecule has 0 aliphatic carbocycles. The van der Waals surface area contributed by atoms with E-state index < -0.39 is 9.84 Å². The number of hydrogen-bond acceptors (Lipinski definition) is 6. The first-order chi connectivity index (χ1) is 10.6. The van der Waals surface area contributed by atoms with Gasteiger partial charge in [-0.25, -0.2) is 8.42 Å². The average molecular weight is 345 g/mol. The molecule has 2 saturated heterocycles. The molecule has 0 radical (unpaired) electrons. The molecule has 1 unspecified atom stereocenters. The fourth-order valence-corrected chi connectivity index (χ4v) is 6.23. The number of sulfone groups is 1. The zero-order valence-electron chi connectivity index (χ0n) is 13.0. The van der Waals surface area contributed by atoms with Crippen molar-refractivity contribution in [3.63, 3.8) is 0 Å². The normalized spacial score (nSPS) is 25.6. The first-order valence-electron chi connectivity index (χ1n) is 7.98. The second kappa shape index (κ2) is 6.88. The number of thioether (sulfide) groups is 1. The molecule has 3 rings (SSSR count). The van der Waals surface area contributed by atoms with Gasteiger partial charge >= 0.3 is 0 Å². The summed E-state index contributed by atoms with van der Waals surface area (Å²) >= 11 is 1.70. The summed E-state index contributed by atoms with van der Waals surface area (Å²) in [5, 5.41) is 13.0. The van der Waals surface area contributed by atoms with Crippen molar-refractivity contribution in [1.82, 2.24) is 20.1 Å². The van der Waals surface area contributed by atoms with E-state index in [9.17, 15) is 8.42 Å². The van der Waals surface area contributed by atoms with E-state index in [-0.39, 0.29) is 0 Å². The summed E-state index contributed by atoms with van der Waals surface area (Å²) in [5.41, 5.74) is 0. The zero-order valence-corrected chi connectivity index (χ0v) is 14.6. The maximum absolute atomic E-state index is 11.5. The van der Waals surface area contributed by atoms with Crippen molar-refractivity contribution in [1.29, 1.82) is 0 Å². The Labute approximate surface area is 136 Å². The number of nitrogens with one attached hydrogen (secondary N) is 1. The van der Waals surface area contributed by atoms with Gasteiger partial charge in [-0.05, 0) is 44.7 Å². The van der Waals surface area contributed by atoms with Crippen molar-refractivity contribution in [2.45, 2.75) is 36.8 Å². The molecular weight excluding hydrogens is 320 g/mol. The molecule has 124 valence electrons. The highest BCUT2D eigenvalue weighted by Gasteiger charge is 2.27. The Bertz CT molecular complexity index is 608. The SMILES string of the molecule is Cn1c(SCCC2CCS(=O)(=O)C2)nnc1C1CCNCC1. The van der Waals surface area contributed by atoms with Crippen molar-refractivity contribution in [3.05, 3.63) is 5.82 Å². The van der Waals surface area contributed by atoms with Crippen LogP contribution in [0.15, 0.2) is 5.16 Å². The van der Waals surface area contributed by atoms with E-state index in [1.54, 1.807) is 11.8 Å². The average Bonchev–Trinajstić information content (AvgIpc) is 3.03. The molecule has 8 heteroatoms. The van der Waals surface area contributed by atoms with Crippen LogP contribution in [-0.4, -0.2) is 53.5 Å². The Hall–Kier alpha value is -0.600. The van der Waals surface area contributed by atoms with Gasteiger partial charge in [0.25, 0.3) is 0 Å². The van der Waals surface area contributed by atoms with Gasteiger partial charge in [0.15, 0.2) is 15.0 Å². The maximum Gasteiger partial charge on any atom is 0.190 e. The molecule has 0 aromatic carbocycles. The fraction of sp³-hybridized carbons (Fsp3) is 0.857. The molecule has 2 aliphatic heterocycles. The summed E-state index contributed by atoms with van der Waals surface area (Å²) < 4.78 is 25.1. The Morgan fingerprint density at radius 3 is 2.73 bits per heavy atom. The molecule has 0 amide bonds. The van der Waals surface area contributed by atoms with Gasteiger partial charge in [-0.2, -0.15) is 0 Å². The number of aromatic nitrogens is 3. The standard InChI is InChI=1S/C14H24N4O2S2/c1-18-13(12-2-6-15-7-3-12)16-17-14(18)21-8-4-11-5-9-22(19,20)10-11/h11-12,15H,2-10H2,1H3. The Balaban J connectivity index is 1.52. The predicted molar refractivity (Wildman–Crippen MR) is 87.9 cm³/mol. The minimum atomic E-state index is -2.76. The van der Waals surface area contributed by atoms with E-state index in [0.29, 0.717) is 23.3 Å². The Kier molecular flexibility index (Phi) is 5.09. The third-order valence-corrected chi connectivity index (χ3v) is 7.55. The van der Waals surface area contributed by atoms with Crippen LogP contribution in [0.2, 0.25) is 0 Å². The highest BCUT2D eigenvalue weighted by atomic mass is 32.2. The van der Waals surface area contributed by atoms with Crippen LogP contribution in [0.4, 0.5) is 0 Å². The fourth-order valence-electron chi connectivity index (χ4n) is 3.30. The topological polar surface area (TPSA) is 76.9 Å². The van der Waals surface area contributed by atoms with Gasteiger partial charge in [-0.3, -0.25) is 0 Å². The van der Waals surface area contributed by atoms with Crippen molar-refractivity contribution in [3.8, 4) is 0 Å². The van der Waals surface area contributed by atoms with E-state index in [1.165, 1.54) is 0 Å². The van der Waals surface area contributed by atoms with Crippen LogP contribution >= 0.6 is 11.8 Å². The first-order valence-corrected chi connectivity index (χ1v) is 10.8. The summed E-state index contributed by atoms with van der Waals surface area (Å²) in [6.45, 7) is 2.10. The van der Waals surface area contributed by atoms with Crippen LogP contribution in [0, 0.1) is 5.92 Å². The number of piperidine rings is 1. The van der Waals surface area contributed by atoms with Crippen LogP contribution in [-0.2, 0) is 16.9 Å². The van der Waals surface area contributed by atoms with E-state index in [2.05, 4.69) is 20.1 Å². The molecule has 22 heavy (non-hydrogen) atoms. The van der Waals surface area contributed by atoms with Crippen LogP contribution in [0.3, 0.4) is 0 Å². The van der Waals surface area contributed by atoms with E-state index in [0.717, 1.165) is 55.5 Å². The highest BCUT2D eigenvalue weighted by molar-refractivity contribution is 7.99. The van der Waals surface area contributed by atoms with Crippen LogP contribution in [0.1, 0.15) is 37.4 Å². The smallest absolute Gasteiger partial charge is 0.190 e. The second-order valence-electron chi connectivity index (χ2n) is 6.33. The largest absolute Gasteiger partial charge is 0.317 e. The second-order valence-corrected chi connectivity index (χ2v) is 9.62. The van der Waals surface area contributed by atoms with Gasteiger partial charge in [0.1, 0.15) is 5.82 Å². The van der Waals surface area contributed by atoms with Crippen molar-refractivity contribution in [2.24, 2.45) is 13.0 Å². The molecule has 1 aromatic rings. The van der Waals surface area contributed by atoms with Gasteiger partial charge in [-0.1, -0.05) is 11.8 Å². The number of nitrogens with zero attached hydrogens (tertiary/aromatic N) is 3. The van der Waals surface area contributed by atoms with Gasteiger partial charge in [0.05, 0.1) is 11.5 Å². The van der Waals surface area contributed by atoms with E-state index in [1.807, 2.05) is 7.05 Å². The lowest BCUT2D eigenvalue weighted by Gasteiger charge is -2.21. The molecule has 0 saturated carbocycles. The molecule has 1 aromatic heterocycles. The first kappa shape index (κ1) is 16.3. The minimum absolute atomic E-state index is 0.328. The molecule has 3 heterocycles. The molecule has 2 fully saturated rings. The minimum Gasteiger partial charge on any atom is -0.317 e. The van der Waals surface area contributed by atoms with Crippen molar-refractivity contribution in [2.75, 3.05) is 30.3 Å². The third-order valence-electron chi connectivity index (χ3n) is 4.66. The summed E-state index contributed by atoms with van der Waals surface area (Å²) in [7, 11) is -0.716. The van der Waals surface area contributed by atoms with Crippen molar-refractivity contribution >= 4 is 21.6 Å². The van der Waals surface area contributed by atoms with Gasteiger partial charge < -0.3 is 9.88 Å². The summed E-state index contributed by atoms with van der Waals surface area (Å²) in [4.78, 5) is 0. The maximum atomic E-state index is 11.5. The Morgan fingerprint density at radius 1 is 1.27 bits per heavy atom. The van der Waals surface area contributed by atoms with Crippen LogP contribution < -0.4 is 5.32 Å². The van der Waals surface area contributed by atoms with Crippen molar-refractivity contribution < 1.29 is 8.42 Å². The van der Waals surface area contributed by atoms with Gasteiger partial charge in [0.2, 0.25) is 0 Å². The monoisotopic (exact) mass is 344 g/mol. The summed E-state index contributed by atoms with van der Waals surface area (Å²) in [5.74, 6) is 3.58. The van der Waals surface area contributed by atoms with E-state index in [4.69, 9.17) is 0 Å². The lowest BCUT2D eigenvalue weighted by Crippen LogP contribution is -2.27. The molecular formula is C14H24N4O2S2. The van der Waals surface area contributed by atoms with Crippen LogP contribution in [0.5, 0.6) is 0 Å². The highest BCUT2D eigenvalue weighted by Crippen LogP contribution is 2.28. The summed E-state index contributed by atoms with van der Waals surface area (Å²) in [6, 6.07) is 0. The molecule has 1 atom stereocenters. The Morgan fingerprint density at radius 2 is 2.05 bits per heavy atom. The quantitative estimate of drug-likeness (QED) is 0.809. The lowest BCUT2D eigenvalue weighted by molar-refractivity contribution is 0.434. The predicted octanol–water partition coefficient (Wildman–Crippen LogP) is 1.20. The van der Waals surface area contributed by atoms with Gasteiger partial charge in [-0.15, -0.1) is 10.2 Å². The number of hydrogen-bond donors (Lipinski definition) is 1. The molecule has 0 bridgehead atoms. The molecule has 1 N–H and O–H groups in total. The third kappa shape index (κ3) is 3.83. The zero-order chi connectivity index (χ0) is 15.6.